The Labute approximate surface area is 214 Å². The molecule has 2 fully saturated rings. The summed E-state index contributed by atoms with van der Waals surface area (Å²) in [5.41, 5.74) is 6.61. The number of nitrogen functional groups attached to an aromatic ring is 1. The number of rotatable bonds is 7. The molecule has 2 aliphatic rings. The number of nitrogens with zero attached hydrogens (tertiary/aromatic N) is 6. The highest BCUT2D eigenvalue weighted by Gasteiger charge is 2.41. The summed E-state index contributed by atoms with van der Waals surface area (Å²) in [5, 5.41) is 24.4. The van der Waals surface area contributed by atoms with E-state index in [2.05, 4.69) is 15.3 Å². The summed E-state index contributed by atoms with van der Waals surface area (Å²) in [5.74, 6) is 0.769. The van der Waals surface area contributed by atoms with E-state index in [-0.39, 0.29) is 19.1 Å². The van der Waals surface area contributed by atoms with Gasteiger partial charge in [0.05, 0.1) is 31.1 Å². The first kappa shape index (κ1) is 24.8. The minimum atomic E-state index is -1.26. The monoisotopic (exact) mass is 506 g/mol. The van der Waals surface area contributed by atoms with Gasteiger partial charge in [0.1, 0.15) is 5.82 Å². The largest absolute Gasteiger partial charge is 0.394 e. The smallest absolute Gasteiger partial charge is 0.256 e. The van der Waals surface area contributed by atoms with E-state index in [1.807, 2.05) is 11.0 Å². The molecule has 0 unspecified atom stereocenters. The molecule has 2 saturated heterocycles. The number of aliphatic hydroxyl groups excluding tert-OH is 2. The average Bonchev–Trinajstić information content (AvgIpc) is 3.37. The van der Waals surface area contributed by atoms with E-state index in [0.29, 0.717) is 67.9 Å². The minimum absolute atomic E-state index is 0.164. The molecule has 194 valence electrons. The zero-order valence-electron chi connectivity index (χ0n) is 20.3. The van der Waals surface area contributed by atoms with Crippen LogP contribution < -0.4 is 16.0 Å². The first-order chi connectivity index (χ1) is 18.0. The second kappa shape index (κ2) is 10.6. The fraction of sp³-hybridized carbons (Fsp3) is 0.400. The molecule has 1 amide bonds. The summed E-state index contributed by atoms with van der Waals surface area (Å²) in [6, 6.07) is 10.6. The van der Waals surface area contributed by atoms with Gasteiger partial charge in [-0.15, -0.1) is 0 Å². The maximum atomic E-state index is 13.0. The fourth-order valence-corrected chi connectivity index (χ4v) is 4.58. The molecular weight excluding hydrogens is 476 g/mol. The van der Waals surface area contributed by atoms with Crippen LogP contribution in [0.25, 0.3) is 11.3 Å². The van der Waals surface area contributed by atoms with Crippen LogP contribution in [0.2, 0.25) is 0 Å². The molecule has 37 heavy (non-hydrogen) atoms. The molecule has 12 heteroatoms. The van der Waals surface area contributed by atoms with Crippen LogP contribution in [0.3, 0.4) is 0 Å². The molecule has 0 saturated carbocycles. The molecule has 0 bridgehead atoms. The minimum Gasteiger partial charge on any atom is -0.394 e. The third-order valence-electron chi connectivity index (χ3n) is 6.69. The van der Waals surface area contributed by atoms with Crippen molar-refractivity contribution in [2.75, 3.05) is 62.0 Å². The first-order valence-electron chi connectivity index (χ1n) is 12.2. The Morgan fingerprint density at radius 1 is 1.14 bits per heavy atom. The van der Waals surface area contributed by atoms with Crippen molar-refractivity contribution in [3.05, 3.63) is 54.4 Å². The van der Waals surface area contributed by atoms with Crippen LogP contribution in [0.15, 0.2) is 48.8 Å². The lowest BCUT2D eigenvalue weighted by Gasteiger charge is -2.31. The summed E-state index contributed by atoms with van der Waals surface area (Å²) >= 11 is 0. The SMILES string of the molecule is Nc1ncc(-c2cc(N[C@@]3(CO)CCN(C(=O)[C@@H](O)c4ccccc4)C3)nc(N3CCOCC3)n2)cn1. The van der Waals surface area contributed by atoms with E-state index in [0.717, 1.165) is 0 Å². The molecule has 2 aliphatic heterocycles. The van der Waals surface area contributed by atoms with Gasteiger partial charge < -0.3 is 35.8 Å². The molecule has 5 N–H and O–H groups in total. The summed E-state index contributed by atoms with van der Waals surface area (Å²) in [7, 11) is 0. The van der Waals surface area contributed by atoms with Crippen molar-refractivity contribution in [2.45, 2.75) is 18.1 Å². The Kier molecular flexibility index (Phi) is 7.12. The van der Waals surface area contributed by atoms with E-state index < -0.39 is 17.6 Å². The third-order valence-corrected chi connectivity index (χ3v) is 6.69. The Hall–Kier alpha value is -3.87. The summed E-state index contributed by atoms with van der Waals surface area (Å²) in [6.45, 7) is 2.80. The zero-order chi connectivity index (χ0) is 25.8. The number of benzene rings is 1. The van der Waals surface area contributed by atoms with Crippen LogP contribution in [0, 0.1) is 0 Å². The second-order valence-electron chi connectivity index (χ2n) is 9.25. The lowest BCUT2D eigenvalue weighted by atomic mass is 10.00. The Morgan fingerprint density at radius 3 is 2.57 bits per heavy atom. The molecular formula is C25H30N8O4. The van der Waals surface area contributed by atoms with Gasteiger partial charge in [-0.1, -0.05) is 30.3 Å². The highest BCUT2D eigenvalue weighted by Crippen LogP contribution is 2.30. The zero-order valence-corrected chi connectivity index (χ0v) is 20.3. The summed E-state index contributed by atoms with van der Waals surface area (Å²) < 4.78 is 5.47. The molecule has 5 rings (SSSR count). The Morgan fingerprint density at radius 2 is 1.86 bits per heavy atom. The molecule has 3 aromatic rings. The van der Waals surface area contributed by atoms with Gasteiger partial charge >= 0.3 is 0 Å². The number of ether oxygens (including phenoxy) is 1. The number of anilines is 3. The predicted molar refractivity (Wildman–Crippen MR) is 137 cm³/mol. The Balaban J connectivity index is 1.40. The van der Waals surface area contributed by atoms with Crippen molar-refractivity contribution in [2.24, 2.45) is 0 Å². The van der Waals surface area contributed by atoms with Gasteiger partial charge in [0.25, 0.3) is 5.91 Å². The van der Waals surface area contributed by atoms with Gasteiger partial charge in [-0.25, -0.2) is 15.0 Å². The lowest BCUT2D eigenvalue weighted by molar-refractivity contribution is -0.139. The number of aromatic nitrogens is 4. The number of nitrogens with one attached hydrogen (secondary N) is 1. The van der Waals surface area contributed by atoms with E-state index in [1.54, 1.807) is 47.6 Å². The van der Waals surface area contributed by atoms with Crippen molar-refractivity contribution in [3.8, 4) is 11.3 Å². The normalized spacial score (nSPS) is 20.6. The highest BCUT2D eigenvalue weighted by molar-refractivity contribution is 5.82. The molecule has 2 atom stereocenters. The van der Waals surface area contributed by atoms with Crippen molar-refractivity contribution < 1.29 is 19.7 Å². The van der Waals surface area contributed by atoms with Gasteiger partial charge in [0.2, 0.25) is 11.9 Å². The number of carbonyl (C=O) groups is 1. The van der Waals surface area contributed by atoms with Crippen molar-refractivity contribution in [3.63, 3.8) is 0 Å². The second-order valence-corrected chi connectivity index (χ2v) is 9.25. The van der Waals surface area contributed by atoms with Crippen LogP contribution in [-0.4, -0.2) is 92.5 Å². The number of nitrogens with two attached hydrogens (primary N) is 1. The number of morpholine rings is 1. The maximum Gasteiger partial charge on any atom is 0.256 e. The van der Waals surface area contributed by atoms with Crippen LogP contribution in [-0.2, 0) is 9.53 Å². The number of carbonyl (C=O) groups excluding carboxylic acids is 1. The van der Waals surface area contributed by atoms with Crippen molar-refractivity contribution >= 4 is 23.6 Å². The van der Waals surface area contributed by atoms with Gasteiger partial charge in [0, 0.05) is 50.2 Å². The van der Waals surface area contributed by atoms with Gasteiger partial charge in [-0.2, -0.15) is 4.98 Å². The number of amides is 1. The summed E-state index contributed by atoms with van der Waals surface area (Å²) in [6.07, 6.45) is 2.41. The van der Waals surface area contributed by atoms with E-state index in [1.165, 1.54) is 0 Å². The number of hydrogen-bond acceptors (Lipinski definition) is 11. The molecule has 12 nitrogen and oxygen atoms in total. The number of hydrogen-bond donors (Lipinski definition) is 4. The highest BCUT2D eigenvalue weighted by atomic mass is 16.5. The maximum absolute atomic E-state index is 13.0. The third kappa shape index (κ3) is 5.45. The van der Waals surface area contributed by atoms with E-state index >= 15 is 0 Å². The van der Waals surface area contributed by atoms with Crippen LogP contribution in [0.5, 0.6) is 0 Å². The molecule has 1 aromatic carbocycles. The van der Waals surface area contributed by atoms with Gasteiger partial charge in [-0.3, -0.25) is 4.79 Å². The molecule has 4 heterocycles. The van der Waals surface area contributed by atoms with Crippen LogP contribution in [0.1, 0.15) is 18.1 Å². The van der Waals surface area contributed by atoms with Crippen molar-refractivity contribution in [1.29, 1.82) is 0 Å². The topological polar surface area (TPSA) is 163 Å². The Bertz CT molecular complexity index is 1220. The van der Waals surface area contributed by atoms with E-state index in [9.17, 15) is 15.0 Å². The van der Waals surface area contributed by atoms with Gasteiger partial charge in [0.15, 0.2) is 6.10 Å². The molecule has 2 aromatic heterocycles. The number of aliphatic hydroxyl groups is 2. The standard InChI is InChI=1S/C25H30N8O4/c26-23-27-13-18(14-28-23)19-12-20(30-24(29-19)32-8-10-37-11-9-32)31-25(16-34)6-7-33(15-25)22(36)21(35)17-4-2-1-3-5-17/h1-5,12-14,21,34-35H,6-11,15-16H2,(H2,26,27,28)(H,29,30,31)/t21-,25-/m0/s1. The predicted octanol–water partition coefficient (Wildman–Crippen LogP) is 0.461. The number of likely N-dealkylation sites (tertiary alicyclic amines) is 1. The van der Waals surface area contributed by atoms with Gasteiger partial charge in [-0.05, 0) is 12.0 Å². The quantitative estimate of drug-likeness (QED) is 0.352. The molecule has 0 radical (unpaired) electrons. The van der Waals surface area contributed by atoms with E-state index in [4.69, 9.17) is 20.4 Å². The van der Waals surface area contributed by atoms with Crippen molar-refractivity contribution in [1.82, 2.24) is 24.8 Å². The van der Waals surface area contributed by atoms with Crippen LogP contribution in [0.4, 0.5) is 17.7 Å². The first-order valence-corrected chi connectivity index (χ1v) is 12.2. The van der Waals surface area contributed by atoms with Crippen LogP contribution >= 0.6 is 0 Å². The molecule has 0 spiro atoms. The summed E-state index contributed by atoms with van der Waals surface area (Å²) in [4.78, 5) is 34.2. The lowest BCUT2D eigenvalue weighted by Crippen LogP contribution is -2.46. The fourth-order valence-electron chi connectivity index (χ4n) is 4.58. The molecule has 0 aliphatic carbocycles. The average molecular weight is 507 g/mol.